The molecule has 0 N–H and O–H groups in total. The van der Waals surface area contributed by atoms with Gasteiger partial charge in [-0.05, 0) is 24.3 Å². The van der Waals surface area contributed by atoms with Crippen molar-refractivity contribution in [1.29, 1.82) is 0 Å². The quantitative estimate of drug-likeness (QED) is 0.616. The van der Waals surface area contributed by atoms with Crippen LogP contribution in [-0.2, 0) is 4.79 Å². The van der Waals surface area contributed by atoms with Gasteiger partial charge in [0.2, 0.25) is 5.91 Å². The lowest BCUT2D eigenvalue weighted by molar-refractivity contribution is -0.134. The molecular weight excluding hydrogens is 429 g/mol. The standard InChI is InChI=1S/C25H26FNO6/c1-31-18-13-21(32-2)24-20(29)15-25(33-22(24)14-18)9-11-27(12-10-25)23(30)8-7-19(28)16-3-5-17(26)6-4-16/h3-6,13-14H,7-12,15H2,1-2H3. The number of piperidine rings is 1. The lowest BCUT2D eigenvalue weighted by atomic mass is 9.82. The van der Waals surface area contributed by atoms with Crippen molar-refractivity contribution >= 4 is 17.5 Å². The molecule has 0 atom stereocenters. The number of ether oxygens (including phenoxy) is 3. The summed E-state index contributed by atoms with van der Waals surface area (Å²) >= 11 is 0. The molecule has 174 valence electrons. The van der Waals surface area contributed by atoms with Crippen LogP contribution in [0.4, 0.5) is 4.39 Å². The Kier molecular flexibility index (Phi) is 6.35. The van der Waals surface area contributed by atoms with Crippen molar-refractivity contribution in [3.63, 3.8) is 0 Å². The van der Waals surface area contributed by atoms with Crippen molar-refractivity contribution in [3.8, 4) is 17.2 Å². The molecule has 1 fully saturated rings. The number of carbonyl (C=O) groups excluding carboxylic acids is 3. The second kappa shape index (κ2) is 9.21. The summed E-state index contributed by atoms with van der Waals surface area (Å²) in [6, 6.07) is 8.65. The maximum Gasteiger partial charge on any atom is 0.223 e. The number of fused-ring (bicyclic) bond motifs is 1. The molecule has 2 aliphatic rings. The molecule has 0 saturated carbocycles. The lowest BCUT2D eigenvalue weighted by Crippen LogP contribution is -2.52. The number of Topliss-reactive ketones (excluding diaryl/α,β-unsaturated/α-hetero) is 2. The zero-order valence-electron chi connectivity index (χ0n) is 18.7. The molecule has 0 aromatic heterocycles. The molecule has 2 aromatic rings. The lowest BCUT2D eigenvalue weighted by Gasteiger charge is -2.44. The Labute approximate surface area is 191 Å². The number of ketones is 2. The van der Waals surface area contributed by atoms with Gasteiger partial charge in [-0.15, -0.1) is 0 Å². The molecule has 2 aliphatic heterocycles. The minimum absolute atomic E-state index is 0.0552. The van der Waals surface area contributed by atoms with Gasteiger partial charge in [0.15, 0.2) is 11.6 Å². The molecule has 0 unspecified atom stereocenters. The van der Waals surface area contributed by atoms with E-state index in [0.717, 1.165) is 0 Å². The van der Waals surface area contributed by atoms with E-state index in [1.54, 1.807) is 17.0 Å². The summed E-state index contributed by atoms with van der Waals surface area (Å²) in [6.45, 7) is 0.876. The highest BCUT2D eigenvalue weighted by molar-refractivity contribution is 6.03. The van der Waals surface area contributed by atoms with Gasteiger partial charge in [0, 0.05) is 56.5 Å². The number of hydrogen-bond donors (Lipinski definition) is 0. The molecule has 8 heteroatoms. The maximum atomic E-state index is 13.0. The van der Waals surface area contributed by atoms with Crippen molar-refractivity contribution in [2.45, 2.75) is 37.7 Å². The van der Waals surface area contributed by atoms with Crippen LogP contribution in [0.1, 0.15) is 52.8 Å². The smallest absolute Gasteiger partial charge is 0.223 e. The maximum absolute atomic E-state index is 13.0. The summed E-state index contributed by atoms with van der Waals surface area (Å²) in [4.78, 5) is 39.6. The third kappa shape index (κ3) is 4.69. The topological polar surface area (TPSA) is 82.1 Å². The van der Waals surface area contributed by atoms with Crippen LogP contribution in [-0.4, -0.2) is 55.3 Å². The number of carbonyl (C=O) groups is 3. The molecule has 33 heavy (non-hydrogen) atoms. The first kappa shape index (κ1) is 22.8. The van der Waals surface area contributed by atoms with Crippen LogP contribution in [0.3, 0.4) is 0 Å². The highest BCUT2D eigenvalue weighted by atomic mass is 19.1. The zero-order valence-corrected chi connectivity index (χ0v) is 18.7. The number of rotatable bonds is 6. The van der Waals surface area contributed by atoms with Gasteiger partial charge in [0.25, 0.3) is 0 Å². The van der Waals surface area contributed by atoms with Crippen LogP contribution < -0.4 is 14.2 Å². The molecular formula is C25H26FNO6. The molecule has 4 rings (SSSR count). The summed E-state index contributed by atoms with van der Waals surface area (Å²) in [5.41, 5.74) is 0.129. The SMILES string of the molecule is COc1cc(OC)c2c(c1)OC1(CCN(C(=O)CCC(=O)c3ccc(F)cc3)CC1)CC2=O. The molecule has 2 aromatic carbocycles. The molecule has 2 heterocycles. The predicted molar refractivity (Wildman–Crippen MR) is 118 cm³/mol. The summed E-state index contributed by atoms with van der Waals surface area (Å²) < 4.78 is 30.0. The van der Waals surface area contributed by atoms with Crippen molar-refractivity contribution in [2.24, 2.45) is 0 Å². The zero-order chi connectivity index (χ0) is 23.6. The highest BCUT2D eigenvalue weighted by Crippen LogP contribution is 2.44. The van der Waals surface area contributed by atoms with Gasteiger partial charge in [0.05, 0.1) is 20.6 Å². The first-order valence-corrected chi connectivity index (χ1v) is 10.9. The fourth-order valence-corrected chi connectivity index (χ4v) is 4.45. The Hall–Kier alpha value is -3.42. The van der Waals surface area contributed by atoms with E-state index in [-0.39, 0.29) is 36.7 Å². The molecule has 1 spiro atoms. The second-order valence-electron chi connectivity index (χ2n) is 8.40. The van der Waals surface area contributed by atoms with Gasteiger partial charge in [-0.3, -0.25) is 14.4 Å². The Balaban J connectivity index is 1.37. The van der Waals surface area contributed by atoms with Crippen LogP contribution in [0.5, 0.6) is 17.2 Å². The Morgan fingerprint density at radius 1 is 1.06 bits per heavy atom. The molecule has 0 bridgehead atoms. The fourth-order valence-electron chi connectivity index (χ4n) is 4.45. The number of amides is 1. The summed E-state index contributed by atoms with van der Waals surface area (Å²) in [5, 5.41) is 0. The van der Waals surface area contributed by atoms with Crippen LogP contribution in [0, 0.1) is 5.82 Å². The number of likely N-dealkylation sites (tertiary alicyclic amines) is 1. The van der Waals surface area contributed by atoms with E-state index in [1.165, 1.54) is 38.5 Å². The number of methoxy groups -OCH3 is 2. The van der Waals surface area contributed by atoms with Gasteiger partial charge >= 0.3 is 0 Å². The van der Waals surface area contributed by atoms with E-state index in [4.69, 9.17) is 14.2 Å². The summed E-state index contributed by atoms with van der Waals surface area (Å²) in [7, 11) is 3.03. The molecule has 0 aliphatic carbocycles. The summed E-state index contributed by atoms with van der Waals surface area (Å²) in [5.74, 6) is 0.612. The average molecular weight is 455 g/mol. The largest absolute Gasteiger partial charge is 0.496 e. The van der Waals surface area contributed by atoms with E-state index in [2.05, 4.69) is 0 Å². The van der Waals surface area contributed by atoms with Crippen LogP contribution in [0.25, 0.3) is 0 Å². The first-order valence-electron chi connectivity index (χ1n) is 10.9. The van der Waals surface area contributed by atoms with Crippen molar-refractivity contribution in [3.05, 3.63) is 53.3 Å². The van der Waals surface area contributed by atoms with Crippen molar-refractivity contribution < 1.29 is 33.0 Å². The van der Waals surface area contributed by atoms with Gasteiger partial charge in [-0.2, -0.15) is 0 Å². The summed E-state index contributed by atoms with van der Waals surface area (Å²) in [6.07, 6.45) is 1.38. The molecule has 1 amide bonds. The van der Waals surface area contributed by atoms with Gasteiger partial charge in [0.1, 0.15) is 34.2 Å². The number of hydrogen-bond acceptors (Lipinski definition) is 6. The van der Waals surface area contributed by atoms with E-state index in [1.807, 2.05) is 0 Å². The molecule has 1 saturated heterocycles. The van der Waals surface area contributed by atoms with Crippen LogP contribution in [0.15, 0.2) is 36.4 Å². The van der Waals surface area contributed by atoms with E-state index < -0.39 is 11.4 Å². The Morgan fingerprint density at radius 3 is 2.39 bits per heavy atom. The van der Waals surface area contributed by atoms with Crippen molar-refractivity contribution in [2.75, 3.05) is 27.3 Å². The number of benzene rings is 2. The normalized spacial score (nSPS) is 16.7. The third-order valence-corrected chi connectivity index (χ3v) is 6.34. The Bertz CT molecular complexity index is 1070. The molecule has 7 nitrogen and oxygen atoms in total. The average Bonchev–Trinajstić information content (AvgIpc) is 2.82. The van der Waals surface area contributed by atoms with E-state index >= 15 is 0 Å². The van der Waals surface area contributed by atoms with Gasteiger partial charge < -0.3 is 19.1 Å². The predicted octanol–water partition coefficient (Wildman–Crippen LogP) is 3.83. The minimum atomic E-state index is -0.678. The van der Waals surface area contributed by atoms with Crippen LogP contribution >= 0.6 is 0 Å². The first-order chi connectivity index (χ1) is 15.8. The third-order valence-electron chi connectivity index (χ3n) is 6.34. The highest BCUT2D eigenvalue weighted by Gasteiger charge is 2.44. The van der Waals surface area contributed by atoms with Gasteiger partial charge in [-0.25, -0.2) is 4.39 Å². The minimum Gasteiger partial charge on any atom is -0.496 e. The number of nitrogens with zero attached hydrogens (tertiary/aromatic N) is 1. The number of halogens is 1. The van der Waals surface area contributed by atoms with E-state index in [0.29, 0.717) is 54.3 Å². The van der Waals surface area contributed by atoms with E-state index in [9.17, 15) is 18.8 Å². The fraction of sp³-hybridized carbons (Fsp3) is 0.400. The van der Waals surface area contributed by atoms with Gasteiger partial charge in [-0.1, -0.05) is 0 Å². The monoisotopic (exact) mass is 455 g/mol. The second-order valence-corrected chi connectivity index (χ2v) is 8.40. The van der Waals surface area contributed by atoms with Crippen molar-refractivity contribution in [1.82, 2.24) is 4.90 Å². The Morgan fingerprint density at radius 2 is 1.76 bits per heavy atom. The van der Waals surface area contributed by atoms with Crippen LogP contribution in [0.2, 0.25) is 0 Å². The molecule has 0 radical (unpaired) electrons.